The van der Waals surface area contributed by atoms with Crippen LogP contribution in [0.25, 0.3) is 22.8 Å². The van der Waals surface area contributed by atoms with Crippen molar-refractivity contribution >= 4 is 5.97 Å². The summed E-state index contributed by atoms with van der Waals surface area (Å²) in [6, 6.07) is 8.11. The van der Waals surface area contributed by atoms with Crippen LogP contribution in [0.15, 0.2) is 34.9 Å². The third kappa shape index (κ3) is 2.56. The first kappa shape index (κ1) is 15.9. The second-order valence-electron chi connectivity index (χ2n) is 5.59. The van der Waals surface area contributed by atoms with Crippen LogP contribution in [0.3, 0.4) is 0 Å². The number of aromatic nitrogens is 2. The first-order chi connectivity index (χ1) is 11.4. The molecule has 1 N–H and O–H groups in total. The van der Waals surface area contributed by atoms with E-state index in [1.54, 1.807) is 45.0 Å². The number of hydrogen-bond acceptors (Lipinski definition) is 4. The molecule has 0 bridgehead atoms. The highest BCUT2D eigenvalue weighted by molar-refractivity contribution is 5.93. The second-order valence-corrected chi connectivity index (χ2v) is 5.59. The number of carboxylic acid groups (broad SMARTS) is 1. The van der Waals surface area contributed by atoms with E-state index in [9.17, 15) is 14.3 Å². The van der Waals surface area contributed by atoms with Crippen LogP contribution in [-0.4, -0.2) is 21.2 Å². The van der Waals surface area contributed by atoms with Crippen LogP contribution in [-0.2, 0) is 0 Å². The Morgan fingerprint density at radius 1 is 1.12 bits per heavy atom. The fourth-order valence-electron chi connectivity index (χ4n) is 2.76. The molecule has 6 heteroatoms. The van der Waals surface area contributed by atoms with E-state index in [-0.39, 0.29) is 22.8 Å². The van der Waals surface area contributed by atoms with Gasteiger partial charge in [-0.3, -0.25) is 0 Å². The highest BCUT2D eigenvalue weighted by Crippen LogP contribution is 2.30. The summed E-state index contributed by atoms with van der Waals surface area (Å²) in [6.07, 6.45) is 0. The van der Waals surface area contributed by atoms with E-state index in [0.717, 1.165) is 0 Å². The third-order valence-corrected chi connectivity index (χ3v) is 3.99. The normalized spacial score (nSPS) is 10.8. The average molecular weight is 326 g/mol. The van der Waals surface area contributed by atoms with Gasteiger partial charge in [0.2, 0.25) is 5.82 Å². The Kier molecular flexibility index (Phi) is 3.89. The van der Waals surface area contributed by atoms with Gasteiger partial charge in [0.25, 0.3) is 5.89 Å². The summed E-state index contributed by atoms with van der Waals surface area (Å²) in [4.78, 5) is 15.7. The van der Waals surface area contributed by atoms with E-state index in [1.165, 1.54) is 6.07 Å². The zero-order chi connectivity index (χ0) is 17.4. The Bertz CT molecular complexity index is 927. The molecule has 5 nitrogen and oxygen atoms in total. The number of hydrogen-bond donors (Lipinski definition) is 1. The lowest BCUT2D eigenvalue weighted by molar-refractivity contribution is 0.0695. The number of rotatable bonds is 3. The number of benzene rings is 2. The molecule has 3 rings (SSSR count). The summed E-state index contributed by atoms with van der Waals surface area (Å²) in [5.74, 6) is -1.16. The maximum absolute atomic E-state index is 14.0. The van der Waals surface area contributed by atoms with E-state index >= 15 is 0 Å². The van der Waals surface area contributed by atoms with Crippen molar-refractivity contribution in [2.45, 2.75) is 20.8 Å². The molecule has 0 atom stereocenters. The van der Waals surface area contributed by atoms with E-state index in [0.29, 0.717) is 22.3 Å². The lowest BCUT2D eigenvalue weighted by Gasteiger charge is -2.08. The summed E-state index contributed by atoms with van der Waals surface area (Å²) in [5.41, 5.74) is 2.87. The van der Waals surface area contributed by atoms with Crippen LogP contribution in [0.2, 0.25) is 0 Å². The molecule has 0 saturated heterocycles. The average Bonchev–Trinajstić information content (AvgIpc) is 2.96. The van der Waals surface area contributed by atoms with Crippen molar-refractivity contribution in [1.82, 2.24) is 10.1 Å². The molecule has 0 radical (unpaired) electrons. The Balaban J connectivity index is 2.13. The van der Waals surface area contributed by atoms with Gasteiger partial charge in [0, 0.05) is 5.56 Å². The van der Waals surface area contributed by atoms with Crippen molar-refractivity contribution in [2.24, 2.45) is 0 Å². The van der Waals surface area contributed by atoms with Crippen molar-refractivity contribution in [3.05, 3.63) is 58.4 Å². The van der Waals surface area contributed by atoms with E-state index < -0.39 is 11.8 Å². The fourth-order valence-corrected chi connectivity index (χ4v) is 2.76. The van der Waals surface area contributed by atoms with Crippen molar-refractivity contribution in [3.63, 3.8) is 0 Å². The van der Waals surface area contributed by atoms with Crippen molar-refractivity contribution in [1.29, 1.82) is 0 Å². The maximum Gasteiger partial charge on any atom is 0.336 e. The minimum atomic E-state index is -1.01. The highest BCUT2D eigenvalue weighted by Gasteiger charge is 2.20. The Labute approximate surface area is 137 Å². The monoisotopic (exact) mass is 326 g/mol. The molecule has 0 aliphatic heterocycles. The number of carbonyl (C=O) groups is 1. The molecule has 0 amide bonds. The van der Waals surface area contributed by atoms with Gasteiger partial charge in [0.05, 0.1) is 11.1 Å². The molecule has 0 unspecified atom stereocenters. The second kappa shape index (κ2) is 5.88. The molecule has 0 aliphatic rings. The molecule has 122 valence electrons. The summed E-state index contributed by atoms with van der Waals surface area (Å²) in [5, 5.41) is 13.3. The Morgan fingerprint density at radius 3 is 2.54 bits per heavy atom. The van der Waals surface area contributed by atoms with Crippen molar-refractivity contribution in [2.75, 3.05) is 0 Å². The van der Waals surface area contributed by atoms with E-state index in [2.05, 4.69) is 10.1 Å². The standard InChI is InChI=1S/C18H15FN2O3/c1-9-5-4-6-13(19)15(9)17-20-16(21-24-17)12-8-7-10(2)14(11(12)3)18(22)23/h4-8H,1-3H3,(H,22,23). The minimum Gasteiger partial charge on any atom is -0.478 e. The molecular weight excluding hydrogens is 311 g/mol. The minimum absolute atomic E-state index is 0.0671. The fraction of sp³-hybridized carbons (Fsp3) is 0.167. The molecule has 3 aromatic rings. The molecule has 0 saturated carbocycles. The maximum atomic E-state index is 14.0. The predicted molar refractivity (Wildman–Crippen MR) is 86.3 cm³/mol. The first-order valence-corrected chi connectivity index (χ1v) is 7.33. The largest absolute Gasteiger partial charge is 0.478 e. The molecular formula is C18H15FN2O3. The number of aromatic carboxylic acids is 1. The SMILES string of the molecule is Cc1ccc(-c2noc(-c3c(C)cccc3F)n2)c(C)c1C(=O)O. The van der Waals surface area contributed by atoms with Crippen molar-refractivity contribution < 1.29 is 18.8 Å². The lowest BCUT2D eigenvalue weighted by atomic mass is 9.97. The van der Waals surface area contributed by atoms with Gasteiger partial charge in [-0.05, 0) is 43.5 Å². The molecule has 2 aromatic carbocycles. The Morgan fingerprint density at radius 2 is 1.88 bits per heavy atom. The third-order valence-electron chi connectivity index (χ3n) is 3.99. The van der Waals surface area contributed by atoms with E-state index in [1.807, 2.05) is 0 Å². The topological polar surface area (TPSA) is 76.2 Å². The van der Waals surface area contributed by atoms with E-state index in [4.69, 9.17) is 4.52 Å². The molecule has 0 aliphatic carbocycles. The van der Waals surface area contributed by atoms with Crippen LogP contribution in [0.1, 0.15) is 27.0 Å². The molecule has 0 spiro atoms. The van der Waals surface area contributed by atoms with Crippen LogP contribution < -0.4 is 0 Å². The molecule has 24 heavy (non-hydrogen) atoms. The van der Waals surface area contributed by atoms with Gasteiger partial charge in [-0.2, -0.15) is 4.98 Å². The van der Waals surface area contributed by atoms with Crippen LogP contribution in [0.4, 0.5) is 4.39 Å². The predicted octanol–water partition coefficient (Wildman–Crippen LogP) is 4.17. The first-order valence-electron chi connectivity index (χ1n) is 7.33. The van der Waals surface area contributed by atoms with Gasteiger partial charge in [0.15, 0.2) is 0 Å². The van der Waals surface area contributed by atoms with Crippen LogP contribution in [0, 0.1) is 26.6 Å². The molecule has 1 heterocycles. The smallest absolute Gasteiger partial charge is 0.336 e. The molecule has 1 aromatic heterocycles. The van der Waals surface area contributed by atoms with Gasteiger partial charge >= 0.3 is 5.97 Å². The number of aryl methyl sites for hydroxylation is 2. The number of carboxylic acids is 1. The zero-order valence-electron chi connectivity index (χ0n) is 13.4. The summed E-state index contributed by atoms with van der Waals surface area (Å²) in [6.45, 7) is 5.17. The zero-order valence-corrected chi connectivity index (χ0v) is 13.4. The van der Waals surface area contributed by atoms with Crippen molar-refractivity contribution in [3.8, 4) is 22.8 Å². The Hall–Kier alpha value is -3.02. The number of nitrogens with zero attached hydrogens (tertiary/aromatic N) is 2. The summed E-state index contributed by atoms with van der Waals surface area (Å²) in [7, 11) is 0. The lowest BCUT2D eigenvalue weighted by Crippen LogP contribution is -2.04. The summed E-state index contributed by atoms with van der Waals surface area (Å²) < 4.78 is 19.2. The van der Waals surface area contributed by atoms with Crippen LogP contribution >= 0.6 is 0 Å². The van der Waals surface area contributed by atoms with Crippen LogP contribution in [0.5, 0.6) is 0 Å². The van der Waals surface area contributed by atoms with Gasteiger partial charge in [0.1, 0.15) is 5.82 Å². The van der Waals surface area contributed by atoms with Gasteiger partial charge in [-0.1, -0.05) is 29.4 Å². The van der Waals surface area contributed by atoms with Gasteiger partial charge in [-0.25, -0.2) is 9.18 Å². The van der Waals surface area contributed by atoms with Gasteiger partial charge < -0.3 is 9.63 Å². The summed E-state index contributed by atoms with van der Waals surface area (Å²) >= 11 is 0. The highest BCUT2D eigenvalue weighted by atomic mass is 19.1. The van der Waals surface area contributed by atoms with Gasteiger partial charge in [-0.15, -0.1) is 0 Å². The molecule has 0 fully saturated rings. The quantitative estimate of drug-likeness (QED) is 0.782. The number of halogens is 1.